The molecule has 20 heavy (non-hydrogen) atoms. The average Bonchev–Trinajstić information content (AvgIpc) is 2.84. The largest absolute Gasteiger partial charge is 0.444 e. The number of carbonyl (C=O) groups is 1. The van der Waals surface area contributed by atoms with Crippen molar-refractivity contribution in [2.45, 2.75) is 65.1 Å². The SMILES string of the molecule is Cc1cc2c(cc1C)C1CCC2N1C(=O)OC(C)(C)C. The van der Waals surface area contributed by atoms with E-state index in [0.717, 1.165) is 12.8 Å². The van der Waals surface area contributed by atoms with Crippen molar-refractivity contribution in [3.63, 3.8) is 0 Å². The van der Waals surface area contributed by atoms with E-state index in [4.69, 9.17) is 4.74 Å². The molecule has 2 heterocycles. The van der Waals surface area contributed by atoms with Crippen molar-refractivity contribution in [1.29, 1.82) is 0 Å². The predicted octanol–water partition coefficient (Wildman–Crippen LogP) is 4.43. The van der Waals surface area contributed by atoms with Crippen LogP contribution in [0.4, 0.5) is 4.79 Å². The van der Waals surface area contributed by atoms with Gasteiger partial charge < -0.3 is 4.74 Å². The smallest absolute Gasteiger partial charge is 0.411 e. The summed E-state index contributed by atoms with van der Waals surface area (Å²) in [6, 6.07) is 4.94. The first kappa shape index (κ1) is 13.5. The third-order valence-corrected chi connectivity index (χ3v) is 4.41. The van der Waals surface area contributed by atoms with Crippen molar-refractivity contribution in [3.8, 4) is 0 Å². The molecule has 1 aromatic rings. The van der Waals surface area contributed by atoms with Gasteiger partial charge in [-0.25, -0.2) is 4.79 Å². The zero-order valence-electron chi connectivity index (χ0n) is 13.0. The second kappa shape index (κ2) is 4.24. The summed E-state index contributed by atoms with van der Waals surface area (Å²) in [7, 11) is 0. The monoisotopic (exact) mass is 273 g/mol. The van der Waals surface area contributed by atoms with Crippen molar-refractivity contribution in [2.24, 2.45) is 0 Å². The summed E-state index contributed by atoms with van der Waals surface area (Å²) >= 11 is 0. The molecule has 1 fully saturated rings. The zero-order valence-corrected chi connectivity index (χ0v) is 13.0. The van der Waals surface area contributed by atoms with E-state index in [0.29, 0.717) is 0 Å². The van der Waals surface area contributed by atoms with Gasteiger partial charge in [0.2, 0.25) is 0 Å². The first-order chi connectivity index (χ1) is 9.28. The number of ether oxygens (including phenoxy) is 1. The van der Waals surface area contributed by atoms with E-state index in [2.05, 4.69) is 26.0 Å². The molecule has 0 spiro atoms. The topological polar surface area (TPSA) is 29.5 Å². The number of amides is 1. The highest BCUT2D eigenvalue weighted by atomic mass is 16.6. The van der Waals surface area contributed by atoms with Crippen molar-refractivity contribution in [2.75, 3.05) is 0 Å². The van der Waals surface area contributed by atoms with Crippen LogP contribution in [0.25, 0.3) is 0 Å². The standard InChI is InChI=1S/C17H23NO2/c1-10-8-12-13(9-11(10)2)15-7-6-14(12)18(15)16(19)20-17(3,4)5/h8-9,14-15H,6-7H2,1-5H3. The summed E-state index contributed by atoms with van der Waals surface area (Å²) in [5.74, 6) is 0. The summed E-state index contributed by atoms with van der Waals surface area (Å²) in [5, 5.41) is 0. The van der Waals surface area contributed by atoms with E-state index in [1.165, 1.54) is 22.3 Å². The van der Waals surface area contributed by atoms with Crippen LogP contribution in [-0.2, 0) is 4.74 Å². The number of hydrogen-bond donors (Lipinski definition) is 0. The molecule has 0 aliphatic carbocycles. The van der Waals surface area contributed by atoms with E-state index in [1.54, 1.807) is 0 Å². The minimum Gasteiger partial charge on any atom is -0.444 e. The number of fused-ring (bicyclic) bond motifs is 5. The molecule has 1 saturated heterocycles. The van der Waals surface area contributed by atoms with Crippen molar-refractivity contribution in [3.05, 3.63) is 34.4 Å². The van der Waals surface area contributed by atoms with Crippen LogP contribution < -0.4 is 0 Å². The average molecular weight is 273 g/mol. The number of carbonyl (C=O) groups excluding carboxylic acids is 1. The van der Waals surface area contributed by atoms with Gasteiger partial charge >= 0.3 is 6.09 Å². The zero-order chi connectivity index (χ0) is 14.7. The van der Waals surface area contributed by atoms with Crippen LogP contribution in [0.1, 0.15) is 68.0 Å². The molecular formula is C17H23NO2. The minimum absolute atomic E-state index is 0.170. The van der Waals surface area contributed by atoms with E-state index in [9.17, 15) is 4.79 Å². The Hall–Kier alpha value is -1.51. The molecule has 2 bridgehead atoms. The summed E-state index contributed by atoms with van der Waals surface area (Å²) in [4.78, 5) is 14.4. The molecule has 3 nitrogen and oxygen atoms in total. The van der Waals surface area contributed by atoms with Gasteiger partial charge in [-0.1, -0.05) is 12.1 Å². The van der Waals surface area contributed by atoms with Crippen LogP contribution in [0.3, 0.4) is 0 Å². The maximum Gasteiger partial charge on any atom is 0.411 e. The van der Waals surface area contributed by atoms with Gasteiger partial charge in [0.25, 0.3) is 0 Å². The van der Waals surface area contributed by atoms with E-state index >= 15 is 0 Å². The fourth-order valence-electron chi connectivity index (χ4n) is 3.43. The molecule has 1 aromatic carbocycles. The first-order valence-electron chi connectivity index (χ1n) is 7.40. The highest BCUT2D eigenvalue weighted by molar-refractivity contribution is 5.72. The van der Waals surface area contributed by atoms with Crippen LogP contribution in [0.15, 0.2) is 12.1 Å². The number of hydrogen-bond acceptors (Lipinski definition) is 2. The van der Waals surface area contributed by atoms with Crippen LogP contribution in [0.2, 0.25) is 0 Å². The minimum atomic E-state index is -0.433. The van der Waals surface area contributed by atoms with Gasteiger partial charge in [0.15, 0.2) is 0 Å². The third kappa shape index (κ3) is 2.00. The predicted molar refractivity (Wildman–Crippen MR) is 78.7 cm³/mol. The highest BCUT2D eigenvalue weighted by Gasteiger charge is 2.47. The summed E-state index contributed by atoms with van der Waals surface area (Å²) < 4.78 is 5.58. The molecule has 2 unspecified atom stereocenters. The molecule has 0 N–H and O–H groups in total. The Bertz CT molecular complexity index is 534. The van der Waals surface area contributed by atoms with Gasteiger partial charge in [0.05, 0.1) is 12.1 Å². The lowest BCUT2D eigenvalue weighted by Gasteiger charge is -2.27. The molecule has 0 radical (unpaired) electrons. The molecule has 2 aliphatic rings. The second-order valence-corrected chi connectivity index (χ2v) is 7.06. The number of rotatable bonds is 0. The van der Waals surface area contributed by atoms with Gasteiger partial charge in [-0.3, -0.25) is 4.90 Å². The van der Waals surface area contributed by atoms with Crippen molar-refractivity contribution >= 4 is 6.09 Å². The van der Waals surface area contributed by atoms with Gasteiger partial charge in [-0.2, -0.15) is 0 Å². The normalized spacial score (nSPS) is 23.9. The molecule has 0 aromatic heterocycles. The van der Waals surface area contributed by atoms with Crippen molar-refractivity contribution < 1.29 is 9.53 Å². The summed E-state index contributed by atoms with van der Waals surface area (Å²) in [6.07, 6.45) is 1.94. The fourth-order valence-corrected chi connectivity index (χ4v) is 3.43. The molecule has 1 amide bonds. The van der Waals surface area contributed by atoms with Crippen molar-refractivity contribution in [1.82, 2.24) is 4.90 Å². The molecule has 108 valence electrons. The lowest BCUT2D eigenvalue weighted by atomic mass is 9.89. The second-order valence-electron chi connectivity index (χ2n) is 7.06. The van der Waals surface area contributed by atoms with Gasteiger partial charge in [-0.05, 0) is 69.7 Å². The fraction of sp³-hybridized carbons (Fsp3) is 0.588. The van der Waals surface area contributed by atoms with Gasteiger partial charge in [0.1, 0.15) is 5.60 Å². The Morgan fingerprint density at radius 2 is 1.55 bits per heavy atom. The van der Waals surface area contributed by atoms with Gasteiger partial charge in [-0.15, -0.1) is 0 Å². The maximum atomic E-state index is 12.5. The molecule has 3 rings (SSSR count). The first-order valence-corrected chi connectivity index (χ1v) is 7.40. The van der Waals surface area contributed by atoms with E-state index in [-0.39, 0.29) is 18.2 Å². The Kier molecular flexibility index (Phi) is 2.86. The summed E-state index contributed by atoms with van der Waals surface area (Å²) in [6.45, 7) is 10.0. The quantitative estimate of drug-likeness (QED) is 0.700. The third-order valence-electron chi connectivity index (χ3n) is 4.41. The lowest BCUT2D eigenvalue weighted by molar-refractivity contribution is 0.0177. The molecule has 2 aliphatic heterocycles. The number of aryl methyl sites for hydroxylation is 2. The van der Waals surface area contributed by atoms with Crippen LogP contribution in [0, 0.1) is 13.8 Å². The van der Waals surface area contributed by atoms with E-state index < -0.39 is 5.60 Å². The Morgan fingerprint density at radius 1 is 1.10 bits per heavy atom. The molecular weight excluding hydrogens is 250 g/mol. The Balaban J connectivity index is 1.94. The molecule has 2 atom stereocenters. The highest BCUT2D eigenvalue weighted by Crippen LogP contribution is 2.53. The van der Waals surface area contributed by atoms with E-state index in [1.807, 2.05) is 25.7 Å². The Labute approximate surface area is 120 Å². The number of benzene rings is 1. The number of nitrogens with zero attached hydrogens (tertiary/aromatic N) is 1. The van der Waals surface area contributed by atoms with Crippen LogP contribution in [-0.4, -0.2) is 16.6 Å². The van der Waals surface area contributed by atoms with Crippen LogP contribution >= 0.6 is 0 Å². The Morgan fingerprint density at radius 3 is 1.95 bits per heavy atom. The van der Waals surface area contributed by atoms with Crippen LogP contribution in [0.5, 0.6) is 0 Å². The molecule has 3 heteroatoms. The summed E-state index contributed by atoms with van der Waals surface area (Å²) in [5.41, 5.74) is 4.84. The molecule has 0 saturated carbocycles. The van der Waals surface area contributed by atoms with Gasteiger partial charge in [0, 0.05) is 0 Å². The lowest BCUT2D eigenvalue weighted by Crippen LogP contribution is -2.34. The maximum absolute atomic E-state index is 12.5.